The molecule has 0 radical (unpaired) electrons. The molecule has 1 aromatic carbocycles. The number of rotatable bonds is 1. The average Bonchev–Trinajstić information content (AvgIpc) is 2.26. The molecule has 1 aromatic heterocycles. The molecule has 0 unspecified atom stereocenters. The standard InChI is InChI=1S/C11H10N2O3/c1-13-11(15)8-5-10(14)16-9-4-6(12)2-3-7(8)9/h2-5H,12H2,1H3,(H,13,15). The van der Waals surface area contributed by atoms with Crippen molar-refractivity contribution in [2.24, 2.45) is 0 Å². The molecule has 2 aromatic rings. The van der Waals surface area contributed by atoms with Crippen molar-refractivity contribution in [3.8, 4) is 0 Å². The van der Waals surface area contributed by atoms with Gasteiger partial charge in [-0.25, -0.2) is 4.79 Å². The maximum Gasteiger partial charge on any atom is 0.337 e. The Morgan fingerprint density at radius 1 is 1.38 bits per heavy atom. The third-order valence-electron chi connectivity index (χ3n) is 2.24. The molecular formula is C11H10N2O3. The van der Waals surface area contributed by atoms with E-state index in [9.17, 15) is 9.59 Å². The number of nitrogens with two attached hydrogens (primary N) is 1. The number of hydrogen-bond acceptors (Lipinski definition) is 4. The van der Waals surface area contributed by atoms with Crippen molar-refractivity contribution in [3.63, 3.8) is 0 Å². The fourth-order valence-corrected chi connectivity index (χ4v) is 1.50. The smallest absolute Gasteiger partial charge is 0.337 e. The lowest BCUT2D eigenvalue weighted by molar-refractivity contribution is 0.0964. The van der Waals surface area contributed by atoms with Crippen LogP contribution in [0, 0.1) is 0 Å². The van der Waals surface area contributed by atoms with Crippen LogP contribution in [0.4, 0.5) is 5.69 Å². The second-order valence-corrected chi connectivity index (χ2v) is 3.31. The number of nitrogen functional groups attached to an aromatic ring is 1. The molecule has 0 aliphatic carbocycles. The van der Waals surface area contributed by atoms with Crippen LogP contribution in [-0.2, 0) is 0 Å². The summed E-state index contributed by atoms with van der Waals surface area (Å²) in [4.78, 5) is 22.8. The zero-order valence-electron chi connectivity index (χ0n) is 8.61. The van der Waals surface area contributed by atoms with E-state index in [4.69, 9.17) is 10.2 Å². The van der Waals surface area contributed by atoms with Gasteiger partial charge in [0.2, 0.25) is 0 Å². The van der Waals surface area contributed by atoms with E-state index in [2.05, 4.69) is 5.32 Å². The summed E-state index contributed by atoms with van der Waals surface area (Å²) in [5, 5.41) is 3.03. The summed E-state index contributed by atoms with van der Waals surface area (Å²) in [6.45, 7) is 0. The van der Waals surface area contributed by atoms with Crippen LogP contribution < -0.4 is 16.7 Å². The molecule has 2 rings (SSSR count). The fourth-order valence-electron chi connectivity index (χ4n) is 1.50. The highest BCUT2D eigenvalue weighted by molar-refractivity contribution is 6.05. The number of amides is 1. The number of hydrogen-bond donors (Lipinski definition) is 2. The first-order valence-electron chi connectivity index (χ1n) is 4.67. The van der Waals surface area contributed by atoms with Gasteiger partial charge in [0.1, 0.15) is 5.58 Å². The maximum atomic E-state index is 11.5. The molecule has 0 aliphatic rings. The number of benzene rings is 1. The van der Waals surface area contributed by atoms with E-state index in [0.717, 1.165) is 6.07 Å². The number of anilines is 1. The molecule has 82 valence electrons. The summed E-state index contributed by atoms with van der Waals surface area (Å²) in [5.74, 6) is -0.331. The van der Waals surface area contributed by atoms with Gasteiger partial charge >= 0.3 is 5.63 Å². The third-order valence-corrected chi connectivity index (χ3v) is 2.24. The van der Waals surface area contributed by atoms with E-state index < -0.39 is 5.63 Å². The molecule has 1 amide bonds. The van der Waals surface area contributed by atoms with Crippen molar-refractivity contribution >= 4 is 22.6 Å². The van der Waals surface area contributed by atoms with Crippen molar-refractivity contribution in [3.05, 3.63) is 40.2 Å². The minimum absolute atomic E-state index is 0.286. The highest BCUT2D eigenvalue weighted by Gasteiger charge is 2.11. The molecular weight excluding hydrogens is 208 g/mol. The van der Waals surface area contributed by atoms with Crippen LogP contribution in [-0.4, -0.2) is 13.0 Å². The topological polar surface area (TPSA) is 85.3 Å². The van der Waals surface area contributed by atoms with Gasteiger partial charge in [0.05, 0.1) is 5.56 Å². The summed E-state index contributed by atoms with van der Waals surface area (Å²) >= 11 is 0. The fraction of sp³-hybridized carbons (Fsp3) is 0.0909. The van der Waals surface area contributed by atoms with E-state index in [1.54, 1.807) is 12.1 Å². The highest BCUT2D eigenvalue weighted by atomic mass is 16.4. The van der Waals surface area contributed by atoms with E-state index >= 15 is 0 Å². The van der Waals surface area contributed by atoms with Crippen LogP contribution in [0.2, 0.25) is 0 Å². The van der Waals surface area contributed by atoms with Gasteiger partial charge in [-0.15, -0.1) is 0 Å². The van der Waals surface area contributed by atoms with Gasteiger partial charge in [-0.1, -0.05) is 0 Å². The van der Waals surface area contributed by atoms with E-state index in [0.29, 0.717) is 16.7 Å². The molecule has 0 bridgehead atoms. The molecule has 0 fully saturated rings. The lowest BCUT2D eigenvalue weighted by Gasteiger charge is -2.04. The molecule has 16 heavy (non-hydrogen) atoms. The molecule has 5 nitrogen and oxygen atoms in total. The van der Waals surface area contributed by atoms with Gasteiger partial charge < -0.3 is 15.5 Å². The van der Waals surface area contributed by atoms with Crippen molar-refractivity contribution in [1.29, 1.82) is 0 Å². The Bertz CT molecular complexity index is 616. The first-order valence-corrected chi connectivity index (χ1v) is 4.67. The largest absolute Gasteiger partial charge is 0.423 e. The van der Waals surface area contributed by atoms with Crippen LogP contribution in [0.15, 0.2) is 33.5 Å². The normalized spacial score (nSPS) is 10.3. The van der Waals surface area contributed by atoms with Crippen LogP contribution in [0.1, 0.15) is 10.4 Å². The van der Waals surface area contributed by atoms with E-state index in [1.165, 1.54) is 13.1 Å². The van der Waals surface area contributed by atoms with Crippen molar-refractivity contribution < 1.29 is 9.21 Å². The Hall–Kier alpha value is -2.30. The van der Waals surface area contributed by atoms with E-state index in [-0.39, 0.29) is 11.5 Å². The van der Waals surface area contributed by atoms with Crippen LogP contribution in [0.25, 0.3) is 11.0 Å². The molecule has 0 aliphatic heterocycles. The Morgan fingerprint density at radius 2 is 2.12 bits per heavy atom. The molecule has 3 N–H and O–H groups in total. The van der Waals surface area contributed by atoms with Crippen LogP contribution in [0.3, 0.4) is 0 Å². The Morgan fingerprint density at radius 3 is 2.81 bits per heavy atom. The van der Waals surface area contributed by atoms with Gasteiger partial charge in [-0.05, 0) is 12.1 Å². The second kappa shape index (κ2) is 3.69. The summed E-state index contributed by atoms with van der Waals surface area (Å²) < 4.78 is 4.96. The lowest BCUT2D eigenvalue weighted by atomic mass is 10.1. The highest BCUT2D eigenvalue weighted by Crippen LogP contribution is 2.19. The van der Waals surface area contributed by atoms with Crippen LogP contribution in [0.5, 0.6) is 0 Å². The van der Waals surface area contributed by atoms with Crippen molar-refractivity contribution in [2.45, 2.75) is 0 Å². The number of nitrogens with one attached hydrogen (secondary N) is 1. The molecule has 0 saturated heterocycles. The Kier molecular flexibility index (Phi) is 2.36. The quantitative estimate of drug-likeness (QED) is 0.546. The predicted molar refractivity (Wildman–Crippen MR) is 60.3 cm³/mol. The molecule has 0 spiro atoms. The minimum atomic E-state index is -0.572. The Balaban J connectivity index is 2.83. The van der Waals surface area contributed by atoms with Gasteiger partial charge in [0.25, 0.3) is 5.91 Å². The molecule has 0 atom stereocenters. The van der Waals surface area contributed by atoms with Crippen molar-refractivity contribution in [2.75, 3.05) is 12.8 Å². The zero-order chi connectivity index (χ0) is 11.7. The third kappa shape index (κ3) is 1.63. The second-order valence-electron chi connectivity index (χ2n) is 3.31. The van der Waals surface area contributed by atoms with E-state index in [1.807, 2.05) is 0 Å². The number of fused-ring (bicyclic) bond motifs is 1. The summed E-state index contributed by atoms with van der Waals surface area (Å²) in [6, 6.07) is 5.98. The zero-order valence-corrected chi connectivity index (χ0v) is 8.61. The first kappa shape index (κ1) is 10.2. The number of carbonyl (C=O) groups excluding carboxylic acids is 1. The average molecular weight is 218 g/mol. The minimum Gasteiger partial charge on any atom is -0.423 e. The SMILES string of the molecule is CNC(=O)c1cc(=O)oc2cc(N)ccc12. The van der Waals surface area contributed by atoms with Gasteiger partial charge in [0.15, 0.2) is 0 Å². The first-order chi connectivity index (χ1) is 7.61. The van der Waals surface area contributed by atoms with Crippen molar-refractivity contribution in [1.82, 2.24) is 5.32 Å². The van der Waals surface area contributed by atoms with Gasteiger partial charge in [-0.3, -0.25) is 4.79 Å². The summed E-state index contributed by atoms with van der Waals surface area (Å²) in [6.07, 6.45) is 0. The molecule has 1 heterocycles. The van der Waals surface area contributed by atoms with Gasteiger partial charge in [0, 0.05) is 30.3 Å². The summed E-state index contributed by atoms with van der Waals surface area (Å²) in [5.41, 5.74) is 6.07. The van der Waals surface area contributed by atoms with Crippen LogP contribution >= 0.6 is 0 Å². The monoisotopic (exact) mass is 218 g/mol. The molecule has 5 heteroatoms. The summed E-state index contributed by atoms with van der Waals surface area (Å²) in [7, 11) is 1.50. The maximum absolute atomic E-state index is 11.5. The number of carbonyl (C=O) groups is 1. The predicted octanol–water partition coefficient (Wildman–Crippen LogP) is 0.735. The Labute approximate surface area is 90.9 Å². The van der Waals surface area contributed by atoms with Gasteiger partial charge in [-0.2, -0.15) is 0 Å². The molecule has 0 saturated carbocycles. The lowest BCUT2D eigenvalue weighted by Crippen LogP contribution is -2.19.